The van der Waals surface area contributed by atoms with Crippen LogP contribution in [0, 0.1) is 0 Å². The Bertz CT molecular complexity index is 936. The largest absolute Gasteiger partial charge is 0.448 e. The first-order valence-corrected chi connectivity index (χ1v) is 8.90. The Morgan fingerprint density at radius 2 is 2.04 bits per heavy atom. The van der Waals surface area contributed by atoms with Crippen LogP contribution in [0.5, 0.6) is 0 Å². The number of amides is 1. The molecule has 0 spiro atoms. The van der Waals surface area contributed by atoms with Crippen molar-refractivity contribution >= 4 is 40.5 Å². The number of hydrogen-bond donors (Lipinski definition) is 1. The minimum Gasteiger partial charge on any atom is -0.448 e. The van der Waals surface area contributed by atoms with Gasteiger partial charge in [-0.05, 0) is 31.2 Å². The van der Waals surface area contributed by atoms with Crippen LogP contribution in [0.2, 0.25) is 5.02 Å². The highest BCUT2D eigenvalue weighted by Gasteiger charge is 2.21. The van der Waals surface area contributed by atoms with Crippen molar-refractivity contribution in [1.82, 2.24) is 14.8 Å². The van der Waals surface area contributed by atoms with Crippen molar-refractivity contribution in [2.75, 3.05) is 5.32 Å². The quantitative estimate of drug-likeness (QED) is 0.675. The summed E-state index contributed by atoms with van der Waals surface area (Å²) in [6.07, 6.45) is 2.49. The second kappa shape index (κ2) is 7.67. The minimum absolute atomic E-state index is 0.153. The molecule has 2 aromatic heterocycles. The number of esters is 1. The minimum atomic E-state index is -0.971. The Morgan fingerprint density at radius 1 is 1.31 bits per heavy atom. The number of hydrogen-bond acceptors (Lipinski definition) is 6. The van der Waals surface area contributed by atoms with E-state index in [1.54, 1.807) is 53.8 Å². The van der Waals surface area contributed by atoms with Crippen LogP contribution in [0.25, 0.3) is 10.6 Å². The van der Waals surface area contributed by atoms with Gasteiger partial charge in [-0.3, -0.25) is 9.48 Å². The van der Waals surface area contributed by atoms with Crippen LogP contribution in [-0.4, -0.2) is 32.7 Å². The number of carbonyl (C=O) groups excluding carboxylic acids is 2. The molecule has 7 nitrogen and oxygen atoms in total. The molecule has 0 radical (unpaired) electrons. The molecular weight excluding hydrogens is 376 g/mol. The third kappa shape index (κ3) is 4.27. The Hall–Kier alpha value is -2.71. The van der Waals surface area contributed by atoms with Crippen LogP contribution < -0.4 is 5.32 Å². The number of nitrogens with zero attached hydrogens (tertiary/aromatic N) is 3. The molecule has 0 saturated carbocycles. The van der Waals surface area contributed by atoms with E-state index in [2.05, 4.69) is 15.4 Å². The zero-order valence-corrected chi connectivity index (χ0v) is 15.5. The third-order valence-electron chi connectivity index (χ3n) is 3.43. The highest BCUT2D eigenvalue weighted by atomic mass is 35.5. The molecule has 0 aliphatic rings. The summed E-state index contributed by atoms with van der Waals surface area (Å²) in [4.78, 5) is 28.6. The van der Waals surface area contributed by atoms with E-state index in [1.807, 2.05) is 0 Å². The van der Waals surface area contributed by atoms with Gasteiger partial charge in [-0.25, -0.2) is 9.78 Å². The molecule has 26 heavy (non-hydrogen) atoms. The molecule has 0 saturated heterocycles. The predicted molar refractivity (Wildman–Crippen MR) is 99.3 cm³/mol. The summed E-state index contributed by atoms with van der Waals surface area (Å²) in [6, 6.07) is 6.64. The Balaban J connectivity index is 1.61. The van der Waals surface area contributed by atoms with Gasteiger partial charge >= 0.3 is 5.97 Å². The number of halogens is 1. The standard InChI is InChI=1S/C17H15ClN4O3S/c1-10(15(23)20-13-5-3-12(18)4-6-13)25-17(24)14-9-26-16(21-14)11-7-19-22(2)8-11/h3-10H,1-2H3,(H,20,23). The summed E-state index contributed by atoms with van der Waals surface area (Å²) < 4.78 is 6.85. The fourth-order valence-corrected chi connectivity index (χ4v) is 2.97. The second-order valence-corrected chi connectivity index (χ2v) is 6.78. The van der Waals surface area contributed by atoms with Gasteiger partial charge in [-0.2, -0.15) is 5.10 Å². The molecule has 0 bridgehead atoms. The number of rotatable bonds is 5. The molecule has 0 aliphatic carbocycles. The van der Waals surface area contributed by atoms with Gasteiger partial charge in [0.1, 0.15) is 5.01 Å². The van der Waals surface area contributed by atoms with Crippen LogP contribution >= 0.6 is 22.9 Å². The van der Waals surface area contributed by atoms with Gasteiger partial charge in [-0.1, -0.05) is 11.6 Å². The molecular formula is C17H15ClN4O3S. The monoisotopic (exact) mass is 390 g/mol. The molecule has 1 aromatic carbocycles. The molecule has 3 aromatic rings. The fourth-order valence-electron chi connectivity index (χ4n) is 2.08. The maximum atomic E-state index is 12.2. The van der Waals surface area contributed by atoms with Crippen molar-refractivity contribution in [3.8, 4) is 10.6 Å². The molecule has 1 atom stereocenters. The van der Waals surface area contributed by atoms with E-state index in [0.29, 0.717) is 15.7 Å². The van der Waals surface area contributed by atoms with Crippen LogP contribution in [0.4, 0.5) is 5.69 Å². The van der Waals surface area contributed by atoms with Crippen LogP contribution in [-0.2, 0) is 16.6 Å². The van der Waals surface area contributed by atoms with Crippen molar-refractivity contribution in [3.63, 3.8) is 0 Å². The molecule has 0 fully saturated rings. The number of carbonyl (C=O) groups is 2. The summed E-state index contributed by atoms with van der Waals surface area (Å²) in [5, 5.41) is 9.54. The molecule has 1 amide bonds. The normalized spacial score (nSPS) is 11.8. The van der Waals surface area contributed by atoms with E-state index >= 15 is 0 Å². The van der Waals surface area contributed by atoms with E-state index in [9.17, 15) is 9.59 Å². The van der Waals surface area contributed by atoms with Gasteiger partial charge < -0.3 is 10.1 Å². The highest BCUT2D eigenvalue weighted by molar-refractivity contribution is 7.13. The number of benzene rings is 1. The molecule has 3 rings (SSSR count). The number of nitrogens with one attached hydrogen (secondary N) is 1. The number of anilines is 1. The fraction of sp³-hybridized carbons (Fsp3) is 0.176. The summed E-state index contributed by atoms with van der Waals surface area (Å²) in [5.41, 5.74) is 1.53. The molecule has 134 valence electrons. The summed E-state index contributed by atoms with van der Waals surface area (Å²) in [6.45, 7) is 1.50. The van der Waals surface area contributed by atoms with Crippen molar-refractivity contribution < 1.29 is 14.3 Å². The molecule has 2 heterocycles. The van der Waals surface area contributed by atoms with Crippen molar-refractivity contribution in [3.05, 3.63) is 52.8 Å². The molecule has 1 unspecified atom stereocenters. The summed E-state index contributed by atoms with van der Waals surface area (Å²) in [7, 11) is 1.80. The van der Waals surface area contributed by atoms with E-state index in [1.165, 1.54) is 18.3 Å². The lowest BCUT2D eigenvalue weighted by molar-refractivity contribution is -0.123. The Kier molecular flexibility index (Phi) is 5.34. The van der Waals surface area contributed by atoms with Crippen LogP contribution in [0.3, 0.4) is 0 Å². The summed E-state index contributed by atoms with van der Waals surface area (Å²) >= 11 is 7.11. The maximum Gasteiger partial charge on any atom is 0.358 e. The zero-order valence-electron chi connectivity index (χ0n) is 14.0. The van der Waals surface area contributed by atoms with Gasteiger partial charge in [0, 0.05) is 34.9 Å². The molecule has 9 heteroatoms. The number of aromatic nitrogens is 3. The third-order valence-corrected chi connectivity index (χ3v) is 4.57. The topological polar surface area (TPSA) is 86.1 Å². The van der Waals surface area contributed by atoms with Gasteiger partial charge in [0.15, 0.2) is 11.8 Å². The smallest absolute Gasteiger partial charge is 0.358 e. The van der Waals surface area contributed by atoms with E-state index in [0.717, 1.165) is 5.56 Å². The van der Waals surface area contributed by atoms with Crippen molar-refractivity contribution in [1.29, 1.82) is 0 Å². The lowest BCUT2D eigenvalue weighted by Gasteiger charge is -2.12. The Morgan fingerprint density at radius 3 is 2.69 bits per heavy atom. The van der Waals surface area contributed by atoms with Gasteiger partial charge in [-0.15, -0.1) is 11.3 Å². The number of ether oxygens (including phenoxy) is 1. The predicted octanol–water partition coefficient (Wildman–Crippen LogP) is 3.38. The SMILES string of the molecule is CC(OC(=O)c1csc(-c2cnn(C)c2)n1)C(=O)Nc1ccc(Cl)cc1. The van der Waals surface area contributed by atoms with Gasteiger partial charge in [0.2, 0.25) is 0 Å². The average molecular weight is 391 g/mol. The average Bonchev–Trinajstić information content (AvgIpc) is 3.25. The zero-order chi connectivity index (χ0) is 18.7. The van der Waals surface area contributed by atoms with Crippen LogP contribution in [0.1, 0.15) is 17.4 Å². The van der Waals surface area contributed by atoms with Gasteiger partial charge in [0.25, 0.3) is 5.91 Å². The first-order valence-electron chi connectivity index (χ1n) is 7.64. The van der Waals surface area contributed by atoms with E-state index in [4.69, 9.17) is 16.3 Å². The first kappa shape index (κ1) is 18.1. The molecule has 0 aliphatic heterocycles. The lowest BCUT2D eigenvalue weighted by atomic mass is 10.3. The number of aryl methyl sites for hydroxylation is 1. The van der Waals surface area contributed by atoms with Crippen molar-refractivity contribution in [2.45, 2.75) is 13.0 Å². The molecule has 1 N–H and O–H groups in total. The maximum absolute atomic E-state index is 12.2. The second-order valence-electron chi connectivity index (χ2n) is 5.48. The Labute approximate surface area is 158 Å². The highest BCUT2D eigenvalue weighted by Crippen LogP contribution is 2.23. The first-order chi connectivity index (χ1) is 12.4. The number of thiazole rings is 1. The van der Waals surface area contributed by atoms with Crippen molar-refractivity contribution in [2.24, 2.45) is 7.05 Å². The van der Waals surface area contributed by atoms with E-state index in [-0.39, 0.29) is 5.69 Å². The van der Waals surface area contributed by atoms with Crippen LogP contribution in [0.15, 0.2) is 42.0 Å². The lowest BCUT2D eigenvalue weighted by Crippen LogP contribution is -2.30. The van der Waals surface area contributed by atoms with E-state index < -0.39 is 18.0 Å². The summed E-state index contributed by atoms with van der Waals surface area (Å²) in [5.74, 6) is -1.10. The van der Waals surface area contributed by atoms with Gasteiger partial charge in [0.05, 0.1) is 6.20 Å².